The van der Waals surface area contributed by atoms with Gasteiger partial charge >= 0.3 is 12.4 Å². The molecule has 2 aliphatic carbocycles. The molecule has 0 spiro atoms. The number of aliphatic hydroxyl groups excluding tert-OH is 1. The molecule has 4 aromatic carbocycles. The third-order valence-corrected chi connectivity index (χ3v) is 14.8. The highest BCUT2D eigenvalue weighted by Crippen LogP contribution is 2.49. The minimum Gasteiger partial charge on any atom is -0.493 e. The molecular weight excluding hydrogens is 889 g/mol. The summed E-state index contributed by atoms with van der Waals surface area (Å²) in [5.41, 5.74) is 0.948. The lowest BCUT2D eigenvalue weighted by Crippen LogP contribution is -2.53. The van der Waals surface area contributed by atoms with E-state index in [9.17, 15) is 31.4 Å². The maximum absolute atomic E-state index is 12.7. The Hall–Kier alpha value is -3.52. The van der Waals surface area contributed by atoms with Crippen molar-refractivity contribution in [3.05, 3.63) is 129 Å². The van der Waals surface area contributed by atoms with E-state index in [1.807, 2.05) is 36.4 Å². The average Bonchev–Trinajstić information content (AvgIpc) is 3.25. The fraction of sp³-hybridized carbons (Fsp3) is 0.529. The van der Waals surface area contributed by atoms with Crippen LogP contribution in [0, 0.1) is 11.8 Å². The largest absolute Gasteiger partial charge is 0.493 e. The summed E-state index contributed by atoms with van der Waals surface area (Å²) in [6, 6.07) is 25.8. The number of piperidine rings is 2. The van der Waals surface area contributed by atoms with E-state index in [2.05, 4.69) is 21.9 Å². The van der Waals surface area contributed by atoms with Gasteiger partial charge in [0.1, 0.15) is 11.5 Å². The Morgan fingerprint density at radius 3 is 1.35 bits per heavy atom. The topological polar surface area (TPSA) is 54.4 Å². The van der Waals surface area contributed by atoms with Gasteiger partial charge in [-0.15, -0.1) is 0 Å². The van der Waals surface area contributed by atoms with E-state index >= 15 is 0 Å². The fourth-order valence-electron chi connectivity index (χ4n) is 10.2. The third kappa shape index (κ3) is 12.5. The van der Waals surface area contributed by atoms with Crippen LogP contribution in [0.5, 0.6) is 11.5 Å². The average molecular weight is 950 g/mol. The zero-order valence-corrected chi connectivity index (χ0v) is 38.4. The van der Waals surface area contributed by atoms with Crippen molar-refractivity contribution in [1.29, 1.82) is 0 Å². The highest BCUT2D eigenvalue weighted by Gasteiger charge is 2.47. The van der Waals surface area contributed by atoms with Crippen molar-refractivity contribution in [2.45, 2.75) is 99.6 Å². The quantitative estimate of drug-likeness (QED) is 0.120. The zero-order chi connectivity index (χ0) is 46.2. The Labute approximate surface area is 389 Å². The summed E-state index contributed by atoms with van der Waals surface area (Å²) in [7, 11) is 1.80. The number of ether oxygens (including phenoxy) is 3. The van der Waals surface area contributed by atoms with E-state index in [0.717, 1.165) is 125 Å². The molecule has 2 aliphatic heterocycles. The number of benzene rings is 4. The molecule has 6 nitrogen and oxygen atoms in total. The number of alkyl halides is 6. The summed E-state index contributed by atoms with van der Waals surface area (Å²) in [6.07, 6.45) is 1.62. The molecule has 0 unspecified atom stereocenters. The number of likely N-dealkylation sites (tertiary alicyclic amines) is 2. The van der Waals surface area contributed by atoms with Crippen molar-refractivity contribution in [3.63, 3.8) is 0 Å². The van der Waals surface area contributed by atoms with Crippen molar-refractivity contribution in [2.24, 2.45) is 11.8 Å². The summed E-state index contributed by atoms with van der Waals surface area (Å²) < 4.78 is 94.0. The van der Waals surface area contributed by atoms with Crippen molar-refractivity contribution >= 4 is 23.2 Å². The van der Waals surface area contributed by atoms with Crippen LogP contribution in [0.3, 0.4) is 0 Å². The van der Waals surface area contributed by atoms with Gasteiger partial charge in [-0.3, -0.25) is 0 Å². The second-order valence-corrected chi connectivity index (χ2v) is 19.3. The molecule has 0 bridgehead atoms. The van der Waals surface area contributed by atoms with Crippen molar-refractivity contribution in [3.8, 4) is 11.5 Å². The fourth-order valence-corrected chi connectivity index (χ4v) is 10.5. The summed E-state index contributed by atoms with van der Waals surface area (Å²) in [5, 5.41) is 12.6. The number of hydrogen-bond donors (Lipinski definition) is 1. The minimum absolute atomic E-state index is 0.0308. The van der Waals surface area contributed by atoms with Crippen LogP contribution in [0.2, 0.25) is 10.0 Å². The summed E-state index contributed by atoms with van der Waals surface area (Å²) in [4.78, 5) is 4.75. The van der Waals surface area contributed by atoms with Crippen LogP contribution < -0.4 is 9.47 Å². The molecule has 2 saturated carbocycles. The minimum atomic E-state index is -4.34. The molecule has 65 heavy (non-hydrogen) atoms. The molecule has 354 valence electrons. The number of nitrogens with zero attached hydrogens (tertiary/aromatic N) is 2. The van der Waals surface area contributed by atoms with Gasteiger partial charge in [0.15, 0.2) is 0 Å². The zero-order valence-electron chi connectivity index (χ0n) is 36.9. The van der Waals surface area contributed by atoms with Gasteiger partial charge in [-0.25, -0.2) is 0 Å². The Balaban J connectivity index is 0.000000194. The number of hydrogen-bond acceptors (Lipinski definition) is 6. The molecule has 0 amide bonds. The molecule has 0 aromatic heterocycles. The van der Waals surface area contributed by atoms with E-state index in [1.165, 1.54) is 36.2 Å². The van der Waals surface area contributed by atoms with E-state index in [4.69, 9.17) is 37.4 Å². The summed E-state index contributed by atoms with van der Waals surface area (Å²) in [5.74, 6) is 1.55. The molecule has 2 heterocycles. The lowest BCUT2D eigenvalue weighted by molar-refractivity contribution is -0.138. The summed E-state index contributed by atoms with van der Waals surface area (Å²) in [6.45, 7) is 6.10. The molecule has 8 rings (SSSR count). The number of β-amino-alcohol motifs (C(OH)–C–C–N with tert-alkyl or cyclic N) is 1. The first-order valence-corrected chi connectivity index (χ1v) is 23.6. The van der Waals surface area contributed by atoms with E-state index in [0.29, 0.717) is 42.2 Å². The Morgan fingerprint density at radius 2 is 0.985 bits per heavy atom. The first kappa shape index (κ1) is 49.4. The number of aliphatic hydroxyl groups is 1. The SMILES string of the molecule is CO[C@@H](CN1CCC[C@H](COc2ccc(C(F)(F)F)cc2)C1)C1(c2ccc(Cl)cc2)CCC1.O[C@@H](CN1CCC[C@H](COc2ccc(C(F)(F)F)cc2)C1)C1(c2ccc(Cl)cc2)CCC1. The van der Waals surface area contributed by atoms with Gasteiger partial charge in [-0.2, -0.15) is 26.3 Å². The second kappa shape index (κ2) is 21.6. The lowest BCUT2D eigenvalue weighted by Gasteiger charge is -2.49. The Kier molecular flexibility index (Phi) is 16.4. The van der Waals surface area contributed by atoms with Gasteiger partial charge in [-0.1, -0.05) is 60.3 Å². The van der Waals surface area contributed by atoms with Crippen molar-refractivity contribution < 1.29 is 45.7 Å². The highest BCUT2D eigenvalue weighted by molar-refractivity contribution is 6.30. The predicted molar refractivity (Wildman–Crippen MR) is 243 cm³/mol. The van der Waals surface area contributed by atoms with Crippen LogP contribution in [0.1, 0.15) is 86.5 Å². The van der Waals surface area contributed by atoms with E-state index in [-0.39, 0.29) is 22.9 Å². The third-order valence-electron chi connectivity index (χ3n) is 14.3. The van der Waals surface area contributed by atoms with Crippen molar-refractivity contribution in [1.82, 2.24) is 9.80 Å². The van der Waals surface area contributed by atoms with Crippen LogP contribution in [0.15, 0.2) is 97.1 Å². The van der Waals surface area contributed by atoms with Crippen LogP contribution in [-0.4, -0.2) is 86.7 Å². The van der Waals surface area contributed by atoms with Crippen LogP contribution in [0.4, 0.5) is 26.3 Å². The maximum Gasteiger partial charge on any atom is 0.416 e. The predicted octanol–water partition coefficient (Wildman–Crippen LogP) is 12.5. The highest BCUT2D eigenvalue weighted by atomic mass is 35.5. The number of rotatable bonds is 15. The van der Waals surface area contributed by atoms with Gasteiger partial charge in [0.05, 0.1) is 36.5 Å². The molecule has 4 aromatic rings. The second-order valence-electron chi connectivity index (χ2n) is 18.5. The molecular formula is C51H60Cl2F6N2O4. The van der Waals surface area contributed by atoms with E-state index < -0.39 is 29.6 Å². The normalized spacial score (nSPS) is 22.1. The molecule has 4 aliphatic rings. The van der Waals surface area contributed by atoms with Gasteiger partial charge < -0.3 is 29.1 Å². The monoisotopic (exact) mass is 948 g/mol. The van der Waals surface area contributed by atoms with Crippen LogP contribution >= 0.6 is 23.2 Å². The lowest BCUT2D eigenvalue weighted by atomic mass is 9.61. The first-order chi connectivity index (χ1) is 31.1. The standard InChI is InChI=1S/C26H31ClF3NO2.C25H29ClF3NO2/c1-32-24(25(13-3-14-25)20-5-9-22(27)10-6-20)17-31-15-2-4-19(16-31)18-33-23-11-7-21(8-12-23)26(28,29)30;26-21-8-4-19(5-9-21)24(12-2-13-24)23(31)16-30-14-1-3-18(15-30)17-32-22-10-6-20(7-11-22)25(27,28)29/h5-12,19,24H,2-4,13-18H2,1H3;4-11,18,23,31H,1-3,12-17H2/t19-,24-;18-,23-/m00/s1. The summed E-state index contributed by atoms with van der Waals surface area (Å²) >= 11 is 12.2. The molecule has 4 fully saturated rings. The smallest absolute Gasteiger partial charge is 0.416 e. The van der Waals surface area contributed by atoms with Crippen LogP contribution in [0.25, 0.3) is 0 Å². The number of methoxy groups -OCH3 is 1. The number of halogens is 8. The van der Waals surface area contributed by atoms with Crippen LogP contribution in [-0.2, 0) is 27.9 Å². The van der Waals surface area contributed by atoms with Gasteiger partial charge in [0, 0.05) is 66.0 Å². The molecule has 2 saturated heterocycles. The molecule has 0 radical (unpaired) electrons. The van der Waals surface area contributed by atoms with Crippen molar-refractivity contribution in [2.75, 3.05) is 59.6 Å². The van der Waals surface area contributed by atoms with Gasteiger partial charge in [-0.05, 0) is 148 Å². The molecule has 14 heteroatoms. The van der Waals surface area contributed by atoms with Gasteiger partial charge in [0.25, 0.3) is 0 Å². The Bertz CT molecular complexity index is 2080. The first-order valence-electron chi connectivity index (χ1n) is 22.8. The molecule has 4 atom stereocenters. The maximum atomic E-state index is 12.7. The Morgan fingerprint density at radius 1 is 0.585 bits per heavy atom. The van der Waals surface area contributed by atoms with E-state index in [1.54, 1.807) is 7.11 Å². The van der Waals surface area contributed by atoms with Gasteiger partial charge in [0.2, 0.25) is 0 Å². The molecule has 1 N–H and O–H groups in total.